The van der Waals surface area contributed by atoms with Gasteiger partial charge in [0.25, 0.3) is 0 Å². The highest BCUT2D eigenvalue weighted by Gasteiger charge is 2.20. The molecule has 4 heteroatoms. The molecule has 0 aromatic heterocycles. The number of methoxy groups -OCH3 is 2. The van der Waals surface area contributed by atoms with Gasteiger partial charge in [0, 0.05) is 11.1 Å². The van der Waals surface area contributed by atoms with Gasteiger partial charge in [0.1, 0.15) is 11.5 Å². The Kier molecular flexibility index (Phi) is 4.44. The van der Waals surface area contributed by atoms with Crippen LogP contribution in [0.5, 0.6) is 11.5 Å². The van der Waals surface area contributed by atoms with Crippen molar-refractivity contribution in [3.63, 3.8) is 0 Å². The van der Waals surface area contributed by atoms with Crippen LogP contribution in [0, 0.1) is 0 Å². The maximum atomic E-state index is 9.19. The molecule has 0 unspecified atom stereocenters. The van der Waals surface area contributed by atoms with Crippen LogP contribution in [0.4, 0.5) is 0 Å². The molecule has 0 radical (unpaired) electrons. The van der Waals surface area contributed by atoms with Crippen LogP contribution < -0.4 is 9.47 Å². The summed E-state index contributed by atoms with van der Waals surface area (Å²) in [6.07, 6.45) is 0. The van der Waals surface area contributed by atoms with E-state index in [0.29, 0.717) is 22.1 Å². The molecule has 0 spiro atoms. The van der Waals surface area contributed by atoms with E-state index >= 15 is 0 Å². The molecule has 0 bridgehead atoms. The van der Waals surface area contributed by atoms with Crippen molar-refractivity contribution in [1.29, 1.82) is 0 Å². The highest BCUT2D eigenvalue weighted by atomic mass is 35.5. The number of ether oxygens (including phenoxy) is 2. The second kappa shape index (κ2) is 5.41. The third-order valence-corrected chi connectivity index (χ3v) is 2.88. The van der Waals surface area contributed by atoms with Crippen molar-refractivity contribution in [1.82, 2.24) is 0 Å². The summed E-state index contributed by atoms with van der Waals surface area (Å²) in [6.45, 7) is 3.94. The van der Waals surface area contributed by atoms with Gasteiger partial charge < -0.3 is 14.6 Å². The summed E-state index contributed by atoms with van der Waals surface area (Å²) in [6, 6.07) is 1.75. The summed E-state index contributed by atoms with van der Waals surface area (Å²) >= 11 is 6.15. The zero-order valence-electron chi connectivity index (χ0n) is 10.0. The summed E-state index contributed by atoms with van der Waals surface area (Å²) in [4.78, 5) is 0. The van der Waals surface area contributed by atoms with Crippen LogP contribution in [-0.2, 0) is 6.61 Å². The average molecular weight is 245 g/mol. The first-order valence-electron chi connectivity index (χ1n) is 5.10. The van der Waals surface area contributed by atoms with E-state index in [2.05, 4.69) is 0 Å². The molecule has 1 aromatic carbocycles. The molecule has 0 fully saturated rings. The second-order valence-electron chi connectivity index (χ2n) is 3.81. The number of benzene rings is 1. The monoisotopic (exact) mass is 244 g/mol. The first kappa shape index (κ1) is 13.1. The SMILES string of the molecule is COc1cc(CO)c(Cl)c(OC)c1C(C)C. The van der Waals surface area contributed by atoms with Crippen molar-refractivity contribution in [3.8, 4) is 11.5 Å². The number of rotatable bonds is 4. The molecular formula is C12H17ClO3. The fraction of sp³-hybridized carbons (Fsp3) is 0.500. The predicted octanol–water partition coefficient (Wildman–Crippen LogP) is 2.97. The topological polar surface area (TPSA) is 38.7 Å². The van der Waals surface area contributed by atoms with E-state index in [0.717, 1.165) is 5.56 Å². The zero-order valence-corrected chi connectivity index (χ0v) is 10.8. The van der Waals surface area contributed by atoms with Gasteiger partial charge in [-0.2, -0.15) is 0 Å². The summed E-state index contributed by atoms with van der Waals surface area (Å²) < 4.78 is 10.6. The summed E-state index contributed by atoms with van der Waals surface area (Å²) in [7, 11) is 3.16. The second-order valence-corrected chi connectivity index (χ2v) is 4.19. The normalized spacial score (nSPS) is 10.7. The van der Waals surface area contributed by atoms with Crippen molar-refractivity contribution in [2.45, 2.75) is 26.4 Å². The number of aliphatic hydroxyl groups is 1. The van der Waals surface area contributed by atoms with Gasteiger partial charge >= 0.3 is 0 Å². The van der Waals surface area contributed by atoms with Crippen LogP contribution in [0.1, 0.15) is 30.9 Å². The fourth-order valence-electron chi connectivity index (χ4n) is 1.71. The Balaban J connectivity index is 3.50. The van der Waals surface area contributed by atoms with E-state index in [-0.39, 0.29) is 12.5 Å². The maximum absolute atomic E-state index is 9.19. The van der Waals surface area contributed by atoms with Gasteiger partial charge in [-0.3, -0.25) is 0 Å². The van der Waals surface area contributed by atoms with Gasteiger partial charge in [0.15, 0.2) is 0 Å². The van der Waals surface area contributed by atoms with Gasteiger partial charge in [-0.1, -0.05) is 25.4 Å². The average Bonchev–Trinajstić information content (AvgIpc) is 2.27. The van der Waals surface area contributed by atoms with E-state index in [9.17, 15) is 5.11 Å². The Morgan fingerprint density at radius 2 is 1.94 bits per heavy atom. The third-order valence-electron chi connectivity index (χ3n) is 2.47. The van der Waals surface area contributed by atoms with Crippen molar-refractivity contribution in [2.24, 2.45) is 0 Å². The van der Waals surface area contributed by atoms with Crippen LogP contribution in [0.25, 0.3) is 0 Å². The number of halogens is 1. The molecule has 3 nitrogen and oxygen atoms in total. The summed E-state index contributed by atoms with van der Waals surface area (Å²) in [5.74, 6) is 1.51. The molecule has 1 aromatic rings. The molecule has 0 aliphatic carbocycles. The number of aliphatic hydroxyl groups excluding tert-OH is 1. The number of hydrogen-bond donors (Lipinski definition) is 1. The van der Waals surface area contributed by atoms with Crippen molar-refractivity contribution in [2.75, 3.05) is 14.2 Å². The molecule has 0 heterocycles. The van der Waals surface area contributed by atoms with Gasteiger partial charge in [-0.05, 0) is 12.0 Å². The van der Waals surface area contributed by atoms with E-state index in [1.165, 1.54) is 0 Å². The van der Waals surface area contributed by atoms with Crippen LogP contribution >= 0.6 is 11.6 Å². The molecule has 1 rings (SSSR count). The molecule has 0 aliphatic rings. The van der Waals surface area contributed by atoms with Gasteiger partial charge in [0.2, 0.25) is 0 Å². The lowest BCUT2D eigenvalue weighted by atomic mass is 9.98. The van der Waals surface area contributed by atoms with E-state index in [4.69, 9.17) is 21.1 Å². The quantitative estimate of drug-likeness (QED) is 0.885. The van der Waals surface area contributed by atoms with Crippen LogP contribution in [-0.4, -0.2) is 19.3 Å². The van der Waals surface area contributed by atoms with Gasteiger partial charge in [-0.15, -0.1) is 0 Å². The Hall–Kier alpha value is -0.930. The maximum Gasteiger partial charge on any atom is 0.144 e. The van der Waals surface area contributed by atoms with Crippen molar-refractivity contribution < 1.29 is 14.6 Å². The first-order chi connectivity index (χ1) is 7.56. The smallest absolute Gasteiger partial charge is 0.144 e. The summed E-state index contributed by atoms with van der Waals surface area (Å²) in [5, 5.41) is 9.65. The van der Waals surface area contributed by atoms with Crippen LogP contribution in [0.3, 0.4) is 0 Å². The zero-order chi connectivity index (χ0) is 12.3. The van der Waals surface area contributed by atoms with Crippen molar-refractivity contribution in [3.05, 3.63) is 22.2 Å². The lowest BCUT2D eigenvalue weighted by Crippen LogP contribution is -2.02. The highest BCUT2D eigenvalue weighted by Crippen LogP contribution is 2.42. The molecule has 0 saturated heterocycles. The molecular weight excluding hydrogens is 228 g/mol. The molecule has 1 N–H and O–H groups in total. The molecule has 90 valence electrons. The minimum Gasteiger partial charge on any atom is -0.496 e. The summed E-state index contributed by atoms with van der Waals surface area (Å²) in [5.41, 5.74) is 1.53. The van der Waals surface area contributed by atoms with Crippen LogP contribution in [0.2, 0.25) is 5.02 Å². The largest absolute Gasteiger partial charge is 0.496 e. The van der Waals surface area contributed by atoms with E-state index in [1.807, 2.05) is 13.8 Å². The molecule has 16 heavy (non-hydrogen) atoms. The Bertz CT molecular complexity index is 375. The van der Waals surface area contributed by atoms with Gasteiger partial charge in [-0.25, -0.2) is 0 Å². The molecule has 0 saturated carbocycles. The minimum atomic E-state index is -0.135. The first-order valence-corrected chi connectivity index (χ1v) is 5.48. The number of hydrogen-bond acceptors (Lipinski definition) is 3. The predicted molar refractivity (Wildman–Crippen MR) is 64.6 cm³/mol. The Morgan fingerprint density at radius 3 is 2.31 bits per heavy atom. The Morgan fingerprint density at radius 1 is 1.31 bits per heavy atom. The fourth-order valence-corrected chi connectivity index (χ4v) is 2.00. The lowest BCUT2D eigenvalue weighted by Gasteiger charge is -2.19. The molecule has 0 aliphatic heterocycles. The third kappa shape index (κ3) is 2.25. The van der Waals surface area contributed by atoms with E-state index < -0.39 is 0 Å². The standard InChI is InChI=1S/C12H17ClO3/c1-7(2)10-9(15-3)5-8(6-14)11(13)12(10)16-4/h5,7,14H,6H2,1-4H3. The molecule has 0 atom stereocenters. The lowest BCUT2D eigenvalue weighted by molar-refractivity contribution is 0.279. The minimum absolute atomic E-state index is 0.135. The van der Waals surface area contributed by atoms with Crippen molar-refractivity contribution >= 4 is 11.6 Å². The highest BCUT2D eigenvalue weighted by molar-refractivity contribution is 6.33. The van der Waals surface area contributed by atoms with E-state index in [1.54, 1.807) is 20.3 Å². The Labute approximate surface area is 101 Å². The molecule has 0 amide bonds. The van der Waals surface area contributed by atoms with Gasteiger partial charge in [0.05, 0.1) is 25.8 Å². The van der Waals surface area contributed by atoms with Crippen LogP contribution in [0.15, 0.2) is 6.07 Å².